The van der Waals surface area contributed by atoms with Crippen molar-refractivity contribution in [3.05, 3.63) is 228 Å². The highest BCUT2D eigenvalue weighted by molar-refractivity contribution is 6.17. The molecular weight excluding hydrogens is 625 g/mol. The van der Waals surface area contributed by atoms with E-state index in [1.54, 1.807) is 0 Å². The zero-order chi connectivity index (χ0) is 34.2. The van der Waals surface area contributed by atoms with E-state index in [4.69, 9.17) is 0 Å². The van der Waals surface area contributed by atoms with Gasteiger partial charge in [0.05, 0.1) is 0 Å². The van der Waals surface area contributed by atoms with E-state index in [0.717, 1.165) is 0 Å². The number of hydrogen-bond donors (Lipinski definition) is 0. The largest absolute Gasteiger partial charge is 0.0622 e. The van der Waals surface area contributed by atoms with Gasteiger partial charge in [0.15, 0.2) is 0 Å². The molecule has 0 nitrogen and oxygen atoms in total. The van der Waals surface area contributed by atoms with Gasteiger partial charge in [-0.05, 0) is 111 Å². The molecular formula is C52H34. The summed E-state index contributed by atoms with van der Waals surface area (Å²) in [6.07, 6.45) is 0. The van der Waals surface area contributed by atoms with Gasteiger partial charge in [-0.3, -0.25) is 0 Å². The average Bonchev–Trinajstić information content (AvgIpc) is 3.54. The van der Waals surface area contributed by atoms with Crippen molar-refractivity contribution >= 4 is 43.5 Å². The maximum Gasteiger partial charge on any atom is 0.0218 e. The summed E-state index contributed by atoms with van der Waals surface area (Å²) < 4.78 is 0. The molecule has 2 aliphatic carbocycles. The molecule has 0 spiro atoms. The van der Waals surface area contributed by atoms with Crippen molar-refractivity contribution in [1.82, 2.24) is 0 Å². The van der Waals surface area contributed by atoms with Gasteiger partial charge in [-0.2, -0.15) is 0 Å². The van der Waals surface area contributed by atoms with Gasteiger partial charge in [0, 0.05) is 11.8 Å². The highest BCUT2D eigenvalue weighted by Crippen LogP contribution is 2.61. The van der Waals surface area contributed by atoms with Crippen LogP contribution in [0, 0.1) is 0 Å². The number of benzene rings is 9. The van der Waals surface area contributed by atoms with E-state index in [0.29, 0.717) is 0 Å². The monoisotopic (exact) mass is 658 g/mol. The summed E-state index contributed by atoms with van der Waals surface area (Å²) >= 11 is 0. The molecule has 0 aromatic heterocycles. The molecule has 9 aromatic rings. The van der Waals surface area contributed by atoms with Crippen LogP contribution >= 0.6 is 0 Å². The Bertz CT molecular complexity index is 2890. The van der Waals surface area contributed by atoms with Crippen molar-refractivity contribution < 1.29 is 0 Å². The molecule has 2 unspecified atom stereocenters. The molecule has 242 valence electrons. The molecule has 11 rings (SSSR count). The smallest absolute Gasteiger partial charge is 0.0218 e. The lowest BCUT2D eigenvalue weighted by Crippen LogP contribution is -2.19. The lowest BCUT2D eigenvalue weighted by molar-refractivity contribution is 0.733. The first kappa shape index (κ1) is 29.3. The van der Waals surface area contributed by atoms with Gasteiger partial charge in [-0.25, -0.2) is 0 Å². The summed E-state index contributed by atoms with van der Waals surface area (Å²) in [6.45, 7) is 0. The van der Waals surface area contributed by atoms with Crippen LogP contribution in [0.15, 0.2) is 194 Å². The molecule has 0 amide bonds. The first-order valence-corrected chi connectivity index (χ1v) is 18.3. The fourth-order valence-electron chi connectivity index (χ4n) is 9.46. The third kappa shape index (κ3) is 4.34. The van der Waals surface area contributed by atoms with Gasteiger partial charge in [-0.1, -0.05) is 182 Å². The minimum absolute atomic E-state index is 0.213. The quantitative estimate of drug-likeness (QED) is 0.177. The van der Waals surface area contributed by atoms with E-state index in [9.17, 15) is 0 Å². The highest BCUT2D eigenvalue weighted by Gasteiger charge is 2.43. The normalized spacial score (nSPS) is 16.0. The molecule has 0 heterocycles. The zero-order valence-electron chi connectivity index (χ0n) is 28.6. The van der Waals surface area contributed by atoms with Crippen LogP contribution in [0.5, 0.6) is 0 Å². The Morgan fingerprint density at radius 3 is 1.71 bits per heavy atom. The van der Waals surface area contributed by atoms with E-state index in [-0.39, 0.29) is 11.8 Å². The van der Waals surface area contributed by atoms with Gasteiger partial charge < -0.3 is 0 Å². The van der Waals surface area contributed by atoms with Gasteiger partial charge >= 0.3 is 0 Å². The number of fused-ring (bicyclic) bond motifs is 6. The van der Waals surface area contributed by atoms with Crippen LogP contribution in [0.4, 0.5) is 0 Å². The number of rotatable bonds is 4. The summed E-state index contributed by atoms with van der Waals surface area (Å²) in [5.74, 6) is 0.434. The van der Waals surface area contributed by atoms with Crippen LogP contribution < -0.4 is 0 Å². The Kier molecular flexibility index (Phi) is 6.48. The van der Waals surface area contributed by atoms with E-state index in [2.05, 4.69) is 194 Å². The Balaban J connectivity index is 1.11. The summed E-state index contributed by atoms with van der Waals surface area (Å²) in [6, 6.07) is 72.3. The average molecular weight is 659 g/mol. The van der Waals surface area contributed by atoms with E-state index < -0.39 is 0 Å². The molecule has 0 saturated heterocycles. The van der Waals surface area contributed by atoms with E-state index in [1.807, 2.05) is 0 Å². The molecule has 0 aliphatic heterocycles. The third-order valence-corrected chi connectivity index (χ3v) is 11.6. The predicted octanol–water partition coefficient (Wildman–Crippen LogP) is 13.7. The maximum atomic E-state index is 2.44. The Labute approximate surface area is 304 Å². The molecule has 0 bridgehead atoms. The molecule has 2 atom stereocenters. The number of allylic oxidation sites excluding steroid dienone is 1. The molecule has 0 fully saturated rings. The van der Waals surface area contributed by atoms with Crippen molar-refractivity contribution in [2.45, 2.75) is 11.8 Å². The first-order chi connectivity index (χ1) is 25.8. The molecule has 52 heavy (non-hydrogen) atoms. The Hall–Kier alpha value is -6.50. The predicted molar refractivity (Wildman–Crippen MR) is 220 cm³/mol. The molecule has 9 aromatic carbocycles. The van der Waals surface area contributed by atoms with Crippen LogP contribution in [0.1, 0.15) is 45.2 Å². The SMILES string of the molecule is c1ccc(C2=C3c4cccc5c(-c6ccc7cc(-c8cccc9ccccc89)ccc7c6)ccc(c45)C3C(c3ccccc3)c3ccccc32)cc1. The Morgan fingerprint density at radius 2 is 0.904 bits per heavy atom. The summed E-state index contributed by atoms with van der Waals surface area (Å²) in [5.41, 5.74) is 16.1. The highest BCUT2D eigenvalue weighted by atomic mass is 14.5. The lowest BCUT2D eigenvalue weighted by atomic mass is 9.67. The summed E-state index contributed by atoms with van der Waals surface area (Å²) in [4.78, 5) is 0. The zero-order valence-corrected chi connectivity index (χ0v) is 28.6. The Morgan fingerprint density at radius 1 is 0.308 bits per heavy atom. The van der Waals surface area contributed by atoms with Gasteiger partial charge in [0.2, 0.25) is 0 Å². The second-order valence-corrected chi connectivity index (χ2v) is 14.3. The molecule has 0 N–H and O–H groups in total. The van der Waals surface area contributed by atoms with E-state index in [1.165, 1.54) is 99.1 Å². The lowest BCUT2D eigenvalue weighted by Gasteiger charge is -2.36. The summed E-state index contributed by atoms with van der Waals surface area (Å²) in [7, 11) is 0. The molecule has 0 heteroatoms. The fourth-order valence-corrected chi connectivity index (χ4v) is 9.46. The number of hydrogen-bond acceptors (Lipinski definition) is 0. The van der Waals surface area contributed by atoms with Gasteiger partial charge in [0.1, 0.15) is 0 Å². The van der Waals surface area contributed by atoms with Crippen molar-refractivity contribution in [3.8, 4) is 22.3 Å². The van der Waals surface area contributed by atoms with Crippen LogP contribution in [0.2, 0.25) is 0 Å². The van der Waals surface area contributed by atoms with Crippen molar-refractivity contribution in [2.24, 2.45) is 0 Å². The molecule has 0 saturated carbocycles. The standard InChI is InChI=1S/C52H34/c1-3-14-34(15-4-1)48-44-20-9-10-21-45(44)49(35-16-5-2-6-17-35)52-47-30-29-42(43-23-12-24-46(50(43)47)51(48)52)39-28-26-36-31-38(27-25-37(36)32-39)41-22-11-18-33-13-7-8-19-40(33)41/h1-32,49,52H. The van der Waals surface area contributed by atoms with Crippen molar-refractivity contribution in [2.75, 3.05) is 0 Å². The van der Waals surface area contributed by atoms with Crippen LogP contribution in [0.3, 0.4) is 0 Å². The first-order valence-electron chi connectivity index (χ1n) is 18.3. The van der Waals surface area contributed by atoms with Crippen LogP contribution in [0.25, 0.3) is 65.7 Å². The topological polar surface area (TPSA) is 0 Å². The fraction of sp³-hybridized carbons (Fsp3) is 0.0385. The minimum atomic E-state index is 0.213. The van der Waals surface area contributed by atoms with Crippen LogP contribution in [-0.4, -0.2) is 0 Å². The van der Waals surface area contributed by atoms with Crippen molar-refractivity contribution in [1.29, 1.82) is 0 Å². The minimum Gasteiger partial charge on any atom is -0.0622 e. The molecule has 2 aliphatic rings. The third-order valence-electron chi connectivity index (χ3n) is 11.6. The van der Waals surface area contributed by atoms with Crippen LogP contribution in [-0.2, 0) is 0 Å². The second kappa shape index (κ2) is 11.5. The van der Waals surface area contributed by atoms with Gasteiger partial charge in [0.25, 0.3) is 0 Å². The van der Waals surface area contributed by atoms with Gasteiger partial charge in [-0.15, -0.1) is 0 Å². The summed E-state index contributed by atoms with van der Waals surface area (Å²) in [5, 5.41) is 7.80. The second-order valence-electron chi connectivity index (χ2n) is 14.3. The van der Waals surface area contributed by atoms with Crippen molar-refractivity contribution in [3.63, 3.8) is 0 Å². The molecule has 0 radical (unpaired) electrons. The van der Waals surface area contributed by atoms with E-state index >= 15 is 0 Å². The maximum absolute atomic E-state index is 2.44.